The normalized spacial score (nSPS) is 13.2. The molecule has 0 aliphatic rings. The first kappa shape index (κ1) is 61.6. The van der Waals surface area contributed by atoms with Gasteiger partial charge in [0.15, 0.2) is 0 Å². The van der Waals surface area contributed by atoms with Gasteiger partial charge in [-0.15, -0.1) is 0 Å². The van der Waals surface area contributed by atoms with E-state index in [4.69, 9.17) is 18.8 Å². The zero-order valence-electron chi connectivity index (χ0n) is 59.2. The molecule has 502 valence electrons. The van der Waals surface area contributed by atoms with Gasteiger partial charge in [0.05, 0.1) is 55.2 Å². The van der Waals surface area contributed by atoms with E-state index < -0.39 is 0 Å². The van der Waals surface area contributed by atoms with E-state index >= 15 is 0 Å². The summed E-state index contributed by atoms with van der Waals surface area (Å²) in [5.74, 6) is 0.769. The molecule has 20 rings (SSSR count). The van der Waals surface area contributed by atoms with Crippen LogP contribution < -0.4 is 0 Å². The van der Waals surface area contributed by atoms with Crippen LogP contribution in [0.25, 0.3) is 176 Å². The fourth-order valence-corrected chi connectivity index (χ4v) is 17.7. The van der Waals surface area contributed by atoms with Crippen LogP contribution in [0.2, 0.25) is 0 Å². The van der Waals surface area contributed by atoms with Crippen molar-refractivity contribution in [2.24, 2.45) is 22.7 Å². The van der Waals surface area contributed by atoms with Gasteiger partial charge in [-0.25, -0.2) is 0 Å². The average molecular weight is 1350 g/mol. The van der Waals surface area contributed by atoms with Crippen LogP contribution in [0.5, 0.6) is 0 Å². The molecule has 0 radical (unpaired) electrons. The maximum Gasteiger partial charge on any atom is 0.135 e. The summed E-state index contributed by atoms with van der Waals surface area (Å²) in [7, 11) is 0. The molecule has 8 nitrogen and oxygen atoms in total. The summed E-state index contributed by atoms with van der Waals surface area (Å²) in [6.07, 6.45) is 7.87. The molecule has 0 amide bonds. The minimum absolute atomic E-state index is 0.0210. The second-order valence-electron chi connectivity index (χ2n) is 31.3. The smallest absolute Gasteiger partial charge is 0.135 e. The highest BCUT2D eigenvalue weighted by molar-refractivity contribution is 6.14. The highest BCUT2D eigenvalue weighted by Crippen LogP contribution is 2.45. The van der Waals surface area contributed by atoms with E-state index in [1.807, 2.05) is 24.5 Å². The van der Waals surface area contributed by atoms with Gasteiger partial charge in [-0.2, -0.15) is 0 Å². The Labute approximate surface area is 602 Å². The van der Waals surface area contributed by atoms with Crippen molar-refractivity contribution >= 4 is 131 Å². The lowest BCUT2D eigenvalue weighted by molar-refractivity contribution is 0.167. The second-order valence-corrected chi connectivity index (χ2v) is 31.3. The molecule has 8 heterocycles. The molecule has 104 heavy (non-hydrogen) atoms. The van der Waals surface area contributed by atoms with Gasteiger partial charge < -0.3 is 27.1 Å². The minimum atomic E-state index is 0.0210. The number of rotatable bonds is 13. The van der Waals surface area contributed by atoms with Crippen molar-refractivity contribution < 1.29 is 8.83 Å². The van der Waals surface area contributed by atoms with Gasteiger partial charge in [0.25, 0.3) is 0 Å². The summed E-state index contributed by atoms with van der Waals surface area (Å²) in [6.45, 7) is 14.6. The number of para-hydroxylation sites is 5. The first-order valence-electron chi connectivity index (χ1n) is 36.6. The van der Waals surface area contributed by atoms with E-state index in [1.165, 1.54) is 54.8 Å². The van der Waals surface area contributed by atoms with E-state index in [2.05, 4.69) is 327 Å². The van der Waals surface area contributed by atoms with Crippen LogP contribution in [-0.2, 0) is 12.8 Å². The maximum absolute atomic E-state index is 6.71. The largest absolute Gasteiger partial charge is 0.456 e. The van der Waals surface area contributed by atoms with Gasteiger partial charge in [-0.3, -0.25) is 9.97 Å². The number of nitrogens with zero attached hydrogens (tertiary/aromatic N) is 6. The number of hydrogen-bond acceptors (Lipinski definition) is 4. The van der Waals surface area contributed by atoms with Crippen molar-refractivity contribution in [3.63, 3.8) is 0 Å². The Balaban J connectivity index is 0.628. The van der Waals surface area contributed by atoms with Crippen molar-refractivity contribution in [1.29, 1.82) is 0 Å². The molecule has 0 aliphatic heterocycles. The predicted octanol–water partition coefficient (Wildman–Crippen LogP) is 25.9. The fraction of sp³-hybridized carbons (Fsp3) is 0.146. The van der Waals surface area contributed by atoms with Crippen LogP contribution in [0.15, 0.2) is 300 Å². The SMILES string of the molecule is CC(C)(C)CC(Cc1cc(-n2c3ccccc3c3ncccc32)cc(-n2c3ccccc3c3ncccc32)c1)CC(Cc1ccc2oc3ccc(-c4ccc5c(c4)c4ccccc4n5-c4cccc(-n5c6ccccc6c6cc(-c7ccc8oc9ccccc9c8c7)ccc65)c4)cc3c2c1)C(C)(C)C. The molecular formula is C96H76N6O2. The Morgan fingerprint density at radius 2 is 0.692 bits per heavy atom. The van der Waals surface area contributed by atoms with Gasteiger partial charge in [-0.05, 0) is 233 Å². The van der Waals surface area contributed by atoms with Gasteiger partial charge >= 0.3 is 0 Å². The maximum atomic E-state index is 6.71. The summed E-state index contributed by atoms with van der Waals surface area (Å²) in [6, 6.07) is 103. The molecule has 0 spiro atoms. The molecule has 20 aromatic rings. The van der Waals surface area contributed by atoms with Gasteiger partial charge in [0, 0.05) is 89.0 Å². The Bertz CT molecular complexity index is 6630. The Morgan fingerprint density at radius 1 is 0.298 bits per heavy atom. The topological polar surface area (TPSA) is 71.8 Å². The molecule has 0 fully saturated rings. The number of aromatic nitrogens is 6. The molecule has 2 atom stereocenters. The molecule has 0 N–H and O–H groups in total. The molecular weight excluding hydrogens is 1270 g/mol. The summed E-state index contributed by atoms with van der Waals surface area (Å²) < 4.78 is 22.7. The van der Waals surface area contributed by atoms with Gasteiger partial charge in [-0.1, -0.05) is 169 Å². The fourth-order valence-electron chi connectivity index (χ4n) is 17.7. The standard InChI is InChI=1S/C96H76N6O2/c1-95(2,3)58-61(46-60-49-69(101-83-29-14-9-25-74(83)93-87(101)31-18-44-97-93)57-70(50-60)102-84-30-15-10-26-75(84)94-88(102)32-19-45-98-94)48-66(96(4,5)6)47-59-34-41-90-78(51-59)80-55-65(38-43-92(80)104-90)63-36-40-86-77(53-63)72-23-8-13-28-82(72)100(86)68-21-17-20-67(56-68)99-81-27-12-7-22-71(81)76-52-62(35-39-85(76)99)64-37-42-91-79(54-64)73-24-11-16-33-89(73)103-91/h7-45,49-57,61,66H,46-48,58H2,1-6H3. The van der Waals surface area contributed by atoms with Gasteiger partial charge in [0.1, 0.15) is 22.3 Å². The highest BCUT2D eigenvalue weighted by atomic mass is 16.3. The van der Waals surface area contributed by atoms with Crippen molar-refractivity contribution in [1.82, 2.24) is 28.2 Å². The first-order chi connectivity index (χ1) is 50.8. The lowest BCUT2D eigenvalue weighted by atomic mass is 9.69. The lowest BCUT2D eigenvalue weighted by Gasteiger charge is -2.36. The van der Waals surface area contributed by atoms with Crippen LogP contribution in [0.4, 0.5) is 0 Å². The molecule has 8 aromatic heterocycles. The Kier molecular flexibility index (Phi) is 14.0. The van der Waals surface area contributed by atoms with Crippen molar-refractivity contribution in [3.8, 4) is 45.0 Å². The first-order valence-corrected chi connectivity index (χ1v) is 36.6. The van der Waals surface area contributed by atoms with E-state index in [9.17, 15) is 0 Å². The van der Waals surface area contributed by atoms with E-state index in [0.29, 0.717) is 11.8 Å². The molecule has 12 aromatic carbocycles. The Morgan fingerprint density at radius 3 is 1.21 bits per heavy atom. The monoisotopic (exact) mass is 1340 g/mol. The Hall–Kier alpha value is -12.3. The zero-order valence-corrected chi connectivity index (χ0v) is 59.2. The molecule has 2 unspecified atom stereocenters. The number of furan rings is 2. The van der Waals surface area contributed by atoms with E-state index in [-0.39, 0.29) is 10.8 Å². The minimum Gasteiger partial charge on any atom is -0.456 e. The van der Waals surface area contributed by atoms with Crippen LogP contribution in [0.1, 0.15) is 65.5 Å². The van der Waals surface area contributed by atoms with Crippen LogP contribution in [0.3, 0.4) is 0 Å². The van der Waals surface area contributed by atoms with Crippen molar-refractivity contribution in [2.45, 2.75) is 67.2 Å². The van der Waals surface area contributed by atoms with Crippen molar-refractivity contribution in [3.05, 3.63) is 303 Å². The average Bonchev–Trinajstić information content (AvgIpc) is 1.61. The van der Waals surface area contributed by atoms with Crippen LogP contribution >= 0.6 is 0 Å². The van der Waals surface area contributed by atoms with E-state index in [1.54, 1.807) is 0 Å². The third-order valence-electron chi connectivity index (χ3n) is 22.4. The van der Waals surface area contributed by atoms with E-state index in [0.717, 1.165) is 158 Å². The third kappa shape index (κ3) is 10.2. The second kappa shape index (κ2) is 23.7. The highest BCUT2D eigenvalue weighted by Gasteiger charge is 2.32. The molecule has 8 heteroatoms. The molecule has 0 saturated heterocycles. The number of benzene rings is 12. The number of pyridine rings is 2. The molecule has 0 bridgehead atoms. The summed E-state index contributed by atoms with van der Waals surface area (Å²) in [5.41, 5.74) is 26.7. The number of hydrogen-bond donors (Lipinski definition) is 0. The molecule has 0 aliphatic carbocycles. The van der Waals surface area contributed by atoms with Gasteiger partial charge in [0.2, 0.25) is 0 Å². The predicted molar refractivity (Wildman–Crippen MR) is 434 cm³/mol. The third-order valence-corrected chi connectivity index (χ3v) is 22.4. The quantitative estimate of drug-likeness (QED) is 0.115. The molecule has 0 saturated carbocycles. The lowest BCUT2D eigenvalue weighted by Crippen LogP contribution is -2.28. The van der Waals surface area contributed by atoms with Crippen molar-refractivity contribution in [2.75, 3.05) is 0 Å². The zero-order chi connectivity index (χ0) is 69.7. The number of fused-ring (bicyclic) bond motifs is 18. The van der Waals surface area contributed by atoms with Crippen LogP contribution in [-0.4, -0.2) is 28.2 Å². The summed E-state index contributed by atoms with van der Waals surface area (Å²) in [5, 5.41) is 11.7. The summed E-state index contributed by atoms with van der Waals surface area (Å²) >= 11 is 0. The van der Waals surface area contributed by atoms with Crippen LogP contribution in [0, 0.1) is 22.7 Å². The summed E-state index contributed by atoms with van der Waals surface area (Å²) in [4.78, 5) is 9.94.